The number of rotatable bonds is 3. The zero-order chi connectivity index (χ0) is 14.2. The third-order valence-electron chi connectivity index (χ3n) is 4.01. The van der Waals surface area contributed by atoms with E-state index in [0.717, 1.165) is 13.1 Å². The molecular formula is C15H18N2O3. The first kappa shape index (κ1) is 13.1. The third-order valence-corrected chi connectivity index (χ3v) is 4.01. The van der Waals surface area contributed by atoms with Crippen molar-refractivity contribution in [2.24, 2.45) is 0 Å². The molecule has 1 aromatic rings. The number of hydrogen-bond acceptors (Lipinski definition) is 4. The zero-order valence-corrected chi connectivity index (χ0v) is 11.5. The Labute approximate surface area is 118 Å². The van der Waals surface area contributed by atoms with Crippen LogP contribution in [0.25, 0.3) is 0 Å². The maximum Gasteiger partial charge on any atom is 0.417 e. The summed E-state index contributed by atoms with van der Waals surface area (Å²) in [7, 11) is 0. The van der Waals surface area contributed by atoms with Gasteiger partial charge in [0.05, 0.1) is 0 Å². The van der Waals surface area contributed by atoms with Crippen molar-refractivity contribution in [3.8, 4) is 0 Å². The van der Waals surface area contributed by atoms with Crippen LogP contribution < -0.4 is 0 Å². The van der Waals surface area contributed by atoms with Gasteiger partial charge in [0.15, 0.2) is 0 Å². The molecule has 2 fully saturated rings. The smallest absolute Gasteiger partial charge is 0.417 e. The van der Waals surface area contributed by atoms with Crippen molar-refractivity contribution in [2.75, 3.05) is 19.6 Å². The Morgan fingerprint density at radius 2 is 2.00 bits per heavy atom. The molecule has 2 aliphatic heterocycles. The highest BCUT2D eigenvalue weighted by Crippen LogP contribution is 2.34. The minimum atomic E-state index is -0.943. The maximum absolute atomic E-state index is 12.3. The minimum Gasteiger partial charge on any atom is -0.431 e. The summed E-state index contributed by atoms with van der Waals surface area (Å²) in [5.41, 5.74) is 0.260. The average molecular weight is 274 g/mol. The lowest BCUT2D eigenvalue weighted by Gasteiger charge is -2.20. The number of imide groups is 1. The first-order chi connectivity index (χ1) is 9.64. The number of ether oxygens (including phenoxy) is 1. The topological polar surface area (TPSA) is 49.9 Å². The Morgan fingerprint density at radius 3 is 2.65 bits per heavy atom. The van der Waals surface area contributed by atoms with Gasteiger partial charge in [-0.2, -0.15) is 0 Å². The van der Waals surface area contributed by atoms with E-state index in [1.54, 1.807) is 6.92 Å². The minimum absolute atomic E-state index is 0.180. The average Bonchev–Trinajstić information content (AvgIpc) is 2.94. The molecule has 0 aliphatic carbocycles. The number of carbonyl (C=O) groups excluding carboxylic acids is 2. The van der Waals surface area contributed by atoms with E-state index in [-0.39, 0.29) is 5.91 Å². The molecule has 1 aromatic carbocycles. The molecule has 1 spiro atoms. The second kappa shape index (κ2) is 4.90. The van der Waals surface area contributed by atoms with Gasteiger partial charge in [-0.25, -0.2) is 9.69 Å². The lowest BCUT2D eigenvalue weighted by atomic mass is 10.0. The van der Waals surface area contributed by atoms with E-state index in [0.29, 0.717) is 19.5 Å². The summed E-state index contributed by atoms with van der Waals surface area (Å²) >= 11 is 0. The molecule has 2 aliphatic rings. The molecule has 3 rings (SSSR count). The van der Waals surface area contributed by atoms with E-state index in [9.17, 15) is 9.59 Å². The van der Waals surface area contributed by atoms with Gasteiger partial charge in [0, 0.05) is 32.6 Å². The number of hydrogen-bond donors (Lipinski definition) is 0. The van der Waals surface area contributed by atoms with Crippen molar-refractivity contribution in [2.45, 2.75) is 25.5 Å². The molecule has 0 saturated carbocycles. The van der Waals surface area contributed by atoms with Crippen LogP contribution in [-0.2, 0) is 16.1 Å². The van der Waals surface area contributed by atoms with Crippen molar-refractivity contribution in [3.05, 3.63) is 35.9 Å². The SMILES string of the molecule is CCN1C(=O)OC2(CCN(Cc3ccccc3)C2)C1=O. The zero-order valence-electron chi connectivity index (χ0n) is 11.5. The lowest BCUT2D eigenvalue weighted by molar-refractivity contribution is -0.136. The summed E-state index contributed by atoms with van der Waals surface area (Å²) in [6.07, 6.45) is 0.0834. The van der Waals surface area contributed by atoms with E-state index in [2.05, 4.69) is 17.0 Å². The van der Waals surface area contributed by atoms with Crippen molar-refractivity contribution >= 4 is 12.0 Å². The van der Waals surface area contributed by atoms with E-state index < -0.39 is 11.7 Å². The van der Waals surface area contributed by atoms with Crippen molar-refractivity contribution in [1.29, 1.82) is 0 Å². The van der Waals surface area contributed by atoms with Gasteiger partial charge in [-0.05, 0) is 12.5 Å². The molecular weight excluding hydrogens is 256 g/mol. The van der Waals surface area contributed by atoms with E-state index >= 15 is 0 Å². The third kappa shape index (κ3) is 2.08. The first-order valence-electron chi connectivity index (χ1n) is 6.96. The first-order valence-corrected chi connectivity index (χ1v) is 6.96. The van der Waals surface area contributed by atoms with Crippen LogP contribution in [0.5, 0.6) is 0 Å². The van der Waals surface area contributed by atoms with Crippen LogP contribution in [0.4, 0.5) is 4.79 Å². The van der Waals surface area contributed by atoms with Crippen LogP contribution >= 0.6 is 0 Å². The van der Waals surface area contributed by atoms with Crippen molar-refractivity contribution in [1.82, 2.24) is 9.80 Å². The fraction of sp³-hybridized carbons (Fsp3) is 0.467. The molecule has 0 N–H and O–H groups in total. The van der Waals surface area contributed by atoms with Crippen LogP contribution in [0.2, 0.25) is 0 Å². The van der Waals surface area contributed by atoms with Gasteiger partial charge in [0.2, 0.25) is 5.60 Å². The maximum atomic E-state index is 12.3. The van der Waals surface area contributed by atoms with Crippen LogP contribution in [0, 0.1) is 0 Å². The lowest BCUT2D eigenvalue weighted by Crippen LogP contribution is -2.43. The molecule has 1 atom stereocenters. The molecule has 20 heavy (non-hydrogen) atoms. The fourth-order valence-electron chi connectivity index (χ4n) is 2.96. The van der Waals surface area contributed by atoms with Gasteiger partial charge in [0.25, 0.3) is 5.91 Å². The molecule has 106 valence electrons. The standard InChI is InChI=1S/C15H18N2O3/c1-2-17-13(18)15(20-14(17)19)8-9-16(11-15)10-12-6-4-3-5-7-12/h3-7H,2,8-11H2,1H3. The fourth-order valence-corrected chi connectivity index (χ4v) is 2.96. The highest BCUT2D eigenvalue weighted by molar-refractivity contribution is 6.03. The van der Waals surface area contributed by atoms with Crippen molar-refractivity contribution < 1.29 is 14.3 Å². The molecule has 0 bridgehead atoms. The van der Waals surface area contributed by atoms with Gasteiger partial charge < -0.3 is 4.74 Å². The molecule has 0 radical (unpaired) electrons. The number of nitrogens with zero attached hydrogens (tertiary/aromatic N) is 2. The highest BCUT2D eigenvalue weighted by atomic mass is 16.6. The van der Waals surface area contributed by atoms with Gasteiger partial charge >= 0.3 is 6.09 Å². The molecule has 2 amide bonds. The largest absolute Gasteiger partial charge is 0.431 e. The highest BCUT2D eigenvalue weighted by Gasteiger charge is 2.56. The predicted molar refractivity (Wildman–Crippen MR) is 72.9 cm³/mol. The molecule has 1 unspecified atom stereocenters. The Balaban J connectivity index is 1.71. The molecule has 2 saturated heterocycles. The van der Waals surface area contributed by atoms with Crippen LogP contribution in [-0.4, -0.2) is 47.0 Å². The monoisotopic (exact) mass is 274 g/mol. The quantitative estimate of drug-likeness (QED) is 0.840. The number of likely N-dealkylation sites (N-methyl/N-ethyl adjacent to an activating group) is 1. The summed E-state index contributed by atoms with van der Waals surface area (Å²) in [5, 5.41) is 0. The summed E-state index contributed by atoms with van der Waals surface area (Å²) in [6, 6.07) is 10.1. The van der Waals surface area contributed by atoms with Gasteiger partial charge in [-0.3, -0.25) is 9.69 Å². The van der Waals surface area contributed by atoms with Crippen LogP contribution in [0.15, 0.2) is 30.3 Å². The Hall–Kier alpha value is -1.88. The van der Waals surface area contributed by atoms with Crippen LogP contribution in [0.1, 0.15) is 18.9 Å². The Kier molecular flexibility index (Phi) is 3.22. The molecule has 5 heteroatoms. The number of carbonyl (C=O) groups is 2. The van der Waals surface area contributed by atoms with E-state index in [1.807, 2.05) is 18.2 Å². The van der Waals surface area contributed by atoms with Crippen molar-refractivity contribution in [3.63, 3.8) is 0 Å². The molecule has 2 heterocycles. The van der Waals surface area contributed by atoms with E-state index in [4.69, 9.17) is 4.74 Å². The van der Waals surface area contributed by atoms with Gasteiger partial charge in [-0.1, -0.05) is 30.3 Å². The van der Waals surface area contributed by atoms with Gasteiger partial charge in [-0.15, -0.1) is 0 Å². The molecule has 0 aromatic heterocycles. The number of benzene rings is 1. The van der Waals surface area contributed by atoms with Gasteiger partial charge in [0.1, 0.15) is 0 Å². The summed E-state index contributed by atoms with van der Waals surface area (Å²) in [5.74, 6) is -0.180. The van der Waals surface area contributed by atoms with Crippen LogP contribution in [0.3, 0.4) is 0 Å². The summed E-state index contributed by atoms with van der Waals surface area (Å²) in [4.78, 5) is 27.4. The Morgan fingerprint density at radius 1 is 1.25 bits per heavy atom. The normalized spacial score (nSPS) is 26.6. The second-order valence-corrected chi connectivity index (χ2v) is 5.36. The predicted octanol–water partition coefficient (Wildman–Crippen LogP) is 1.63. The summed E-state index contributed by atoms with van der Waals surface area (Å²) in [6.45, 7) is 4.20. The number of likely N-dealkylation sites (tertiary alicyclic amines) is 1. The summed E-state index contributed by atoms with van der Waals surface area (Å²) < 4.78 is 5.39. The van der Waals surface area contributed by atoms with E-state index in [1.165, 1.54) is 10.5 Å². The Bertz CT molecular complexity index is 531. The second-order valence-electron chi connectivity index (χ2n) is 5.36. The molecule has 5 nitrogen and oxygen atoms in total. The number of amides is 2.